The summed E-state index contributed by atoms with van der Waals surface area (Å²) in [5.74, 6) is 0.260. The summed E-state index contributed by atoms with van der Waals surface area (Å²) < 4.78 is 0. The predicted molar refractivity (Wildman–Crippen MR) is 62.3 cm³/mol. The minimum Gasteiger partial charge on any atom is -0.507 e. The van der Waals surface area contributed by atoms with Gasteiger partial charge in [0.2, 0.25) is 5.91 Å². The number of nitrogens with zero attached hydrogens (tertiary/aromatic N) is 2. The van der Waals surface area contributed by atoms with Crippen LogP contribution in [0, 0.1) is 0 Å². The Kier molecular flexibility index (Phi) is 2.38. The van der Waals surface area contributed by atoms with Crippen molar-refractivity contribution in [3.05, 3.63) is 16.3 Å². The minimum atomic E-state index is -0.744. The van der Waals surface area contributed by atoms with E-state index in [0.717, 1.165) is 0 Å². The van der Waals surface area contributed by atoms with Crippen LogP contribution in [0.5, 0.6) is 5.75 Å². The van der Waals surface area contributed by atoms with Crippen molar-refractivity contribution in [2.75, 3.05) is 7.05 Å². The van der Waals surface area contributed by atoms with Crippen LogP contribution in [0.3, 0.4) is 0 Å². The Bertz CT molecular complexity index is 468. The van der Waals surface area contributed by atoms with Crippen LogP contribution in [-0.4, -0.2) is 28.9 Å². The Labute approximate surface area is 97.2 Å². The van der Waals surface area contributed by atoms with Crippen molar-refractivity contribution in [3.63, 3.8) is 0 Å². The van der Waals surface area contributed by atoms with Gasteiger partial charge in [-0.2, -0.15) is 0 Å². The van der Waals surface area contributed by atoms with Crippen molar-refractivity contribution in [2.24, 2.45) is 10.7 Å². The Hall–Kier alpha value is -1.56. The van der Waals surface area contributed by atoms with E-state index in [1.54, 1.807) is 25.4 Å². The molecule has 6 heteroatoms. The number of hydrogen-bond acceptors (Lipinski definition) is 5. The fourth-order valence-electron chi connectivity index (χ4n) is 1.74. The molecule has 0 radical (unpaired) electrons. The lowest BCUT2D eigenvalue weighted by molar-refractivity contribution is -0.128. The summed E-state index contributed by atoms with van der Waals surface area (Å²) in [6.07, 6.45) is 0.221. The Morgan fingerprint density at radius 1 is 1.69 bits per heavy atom. The quantitative estimate of drug-likeness (QED) is 0.762. The Balaban J connectivity index is 2.48. The van der Waals surface area contributed by atoms with E-state index in [0.29, 0.717) is 4.88 Å². The number of carbonyl (C=O) groups is 1. The average molecular weight is 239 g/mol. The molecule has 1 amide bonds. The first-order valence-electron chi connectivity index (χ1n) is 4.83. The molecule has 0 spiro atoms. The topological polar surface area (TPSA) is 78.9 Å². The molecule has 0 saturated carbocycles. The van der Waals surface area contributed by atoms with E-state index in [-0.39, 0.29) is 24.0 Å². The highest BCUT2D eigenvalue weighted by atomic mass is 32.1. The number of rotatable bonds is 1. The summed E-state index contributed by atoms with van der Waals surface area (Å²) in [6.45, 7) is 1.80. The summed E-state index contributed by atoms with van der Waals surface area (Å²) in [6, 6.07) is 1.60. The van der Waals surface area contributed by atoms with Crippen molar-refractivity contribution in [1.82, 2.24) is 4.90 Å². The molecule has 1 aromatic heterocycles. The Morgan fingerprint density at radius 3 is 2.88 bits per heavy atom. The first kappa shape index (κ1) is 10.9. The van der Waals surface area contributed by atoms with Crippen LogP contribution in [0.15, 0.2) is 16.4 Å². The van der Waals surface area contributed by atoms with Gasteiger partial charge in [-0.25, -0.2) is 4.99 Å². The first-order valence-corrected chi connectivity index (χ1v) is 5.71. The van der Waals surface area contributed by atoms with Gasteiger partial charge in [-0.1, -0.05) is 0 Å². The van der Waals surface area contributed by atoms with E-state index in [2.05, 4.69) is 4.99 Å². The highest BCUT2D eigenvalue weighted by molar-refractivity contribution is 7.10. The van der Waals surface area contributed by atoms with E-state index < -0.39 is 5.54 Å². The van der Waals surface area contributed by atoms with Gasteiger partial charge in [0.25, 0.3) is 0 Å². The second kappa shape index (κ2) is 3.48. The molecule has 1 aliphatic rings. The number of nitrogens with two attached hydrogens (primary N) is 1. The summed E-state index contributed by atoms with van der Waals surface area (Å²) in [5, 5.41) is 11.5. The third-order valence-electron chi connectivity index (χ3n) is 2.71. The monoisotopic (exact) mass is 239 g/mol. The van der Waals surface area contributed by atoms with Gasteiger partial charge < -0.3 is 10.8 Å². The predicted octanol–water partition coefficient (Wildman–Crippen LogP) is 0.846. The maximum absolute atomic E-state index is 11.7. The number of guanidine groups is 1. The summed E-state index contributed by atoms with van der Waals surface area (Å²) >= 11 is 1.38. The summed E-state index contributed by atoms with van der Waals surface area (Å²) in [7, 11) is 1.59. The van der Waals surface area contributed by atoms with Crippen LogP contribution >= 0.6 is 11.3 Å². The highest BCUT2D eigenvalue weighted by Gasteiger charge is 2.38. The van der Waals surface area contributed by atoms with Crippen LogP contribution in [0.25, 0.3) is 0 Å². The molecule has 1 aliphatic heterocycles. The third-order valence-corrected chi connectivity index (χ3v) is 3.86. The standard InChI is InChI=1S/C10H13N3O2S/c1-10(8-6(14)3-4-16-8)5-7(15)13(2)9(11)12-10/h3-4,14H,5H2,1-2H3,(H2,11,12)/t10-/m0/s1. The third kappa shape index (κ3) is 1.55. The molecule has 0 aromatic carbocycles. The maximum Gasteiger partial charge on any atom is 0.231 e. The second-order valence-corrected chi connectivity index (χ2v) is 4.92. The van der Waals surface area contributed by atoms with E-state index in [1.165, 1.54) is 16.2 Å². The van der Waals surface area contributed by atoms with E-state index >= 15 is 0 Å². The second-order valence-electron chi connectivity index (χ2n) is 4.01. The molecule has 1 atom stereocenters. The molecule has 0 aliphatic carbocycles. The molecule has 2 rings (SSSR count). The van der Waals surface area contributed by atoms with Gasteiger partial charge in [0.15, 0.2) is 5.96 Å². The molecule has 0 unspecified atom stereocenters. The zero-order chi connectivity index (χ0) is 11.9. The highest BCUT2D eigenvalue weighted by Crippen LogP contribution is 2.41. The van der Waals surface area contributed by atoms with Crippen LogP contribution in [0.2, 0.25) is 0 Å². The fourth-order valence-corrected chi connectivity index (χ4v) is 2.64. The molecule has 0 saturated heterocycles. The van der Waals surface area contributed by atoms with Crippen molar-refractivity contribution in [3.8, 4) is 5.75 Å². The average Bonchev–Trinajstić information content (AvgIpc) is 2.61. The zero-order valence-electron chi connectivity index (χ0n) is 9.10. The molecule has 5 nitrogen and oxygen atoms in total. The molecule has 2 heterocycles. The van der Waals surface area contributed by atoms with Crippen LogP contribution < -0.4 is 5.73 Å². The van der Waals surface area contributed by atoms with Gasteiger partial charge in [0, 0.05) is 7.05 Å². The van der Waals surface area contributed by atoms with Gasteiger partial charge >= 0.3 is 0 Å². The molecule has 1 aromatic rings. The van der Waals surface area contributed by atoms with E-state index in [4.69, 9.17) is 5.73 Å². The van der Waals surface area contributed by atoms with Gasteiger partial charge in [-0.3, -0.25) is 9.69 Å². The van der Waals surface area contributed by atoms with Gasteiger partial charge in [0.05, 0.1) is 11.3 Å². The molecule has 86 valence electrons. The van der Waals surface area contributed by atoms with Crippen molar-refractivity contribution in [1.29, 1.82) is 0 Å². The fraction of sp³-hybridized carbons (Fsp3) is 0.400. The number of amides is 1. The Morgan fingerprint density at radius 2 is 2.38 bits per heavy atom. The molecule has 3 N–H and O–H groups in total. The molecule has 16 heavy (non-hydrogen) atoms. The van der Waals surface area contributed by atoms with Crippen LogP contribution in [0.1, 0.15) is 18.2 Å². The van der Waals surface area contributed by atoms with Crippen LogP contribution in [-0.2, 0) is 10.3 Å². The summed E-state index contributed by atoms with van der Waals surface area (Å²) in [4.78, 5) is 18.0. The number of thiophene rings is 1. The summed E-state index contributed by atoms with van der Waals surface area (Å²) in [5.41, 5.74) is 4.93. The molecule has 0 fully saturated rings. The van der Waals surface area contributed by atoms with Gasteiger partial charge in [0.1, 0.15) is 11.3 Å². The normalized spacial score (nSPS) is 25.8. The lowest BCUT2D eigenvalue weighted by Gasteiger charge is -2.32. The van der Waals surface area contributed by atoms with E-state index in [9.17, 15) is 9.90 Å². The number of aliphatic imine (C=N–C) groups is 1. The van der Waals surface area contributed by atoms with Crippen molar-refractivity contribution < 1.29 is 9.90 Å². The largest absolute Gasteiger partial charge is 0.507 e. The smallest absolute Gasteiger partial charge is 0.231 e. The minimum absolute atomic E-state index is 0.0946. The maximum atomic E-state index is 11.7. The first-order chi connectivity index (χ1) is 7.44. The molecular formula is C10H13N3O2S. The van der Waals surface area contributed by atoms with E-state index in [1.807, 2.05) is 0 Å². The van der Waals surface area contributed by atoms with Gasteiger partial charge in [-0.15, -0.1) is 11.3 Å². The number of aromatic hydroxyl groups is 1. The van der Waals surface area contributed by atoms with Gasteiger partial charge in [-0.05, 0) is 18.4 Å². The lowest BCUT2D eigenvalue weighted by Crippen LogP contribution is -2.47. The lowest BCUT2D eigenvalue weighted by atomic mass is 9.94. The molecular weight excluding hydrogens is 226 g/mol. The number of carbonyl (C=O) groups excluding carboxylic acids is 1. The van der Waals surface area contributed by atoms with Crippen molar-refractivity contribution in [2.45, 2.75) is 18.9 Å². The number of hydrogen-bond donors (Lipinski definition) is 2. The molecule has 0 bridgehead atoms. The van der Waals surface area contributed by atoms with Crippen molar-refractivity contribution >= 4 is 23.2 Å². The SMILES string of the molecule is CN1C(=O)C[C@@](C)(c2sccc2O)N=C1N. The zero-order valence-corrected chi connectivity index (χ0v) is 9.91. The van der Waals surface area contributed by atoms with Crippen LogP contribution in [0.4, 0.5) is 0 Å².